The third kappa shape index (κ3) is 4.23. The van der Waals surface area contributed by atoms with Crippen LogP contribution >= 0.6 is 24.8 Å². The molecule has 136 valence electrons. The van der Waals surface area contributed by atoms with E-state index in [0.29, 0.717) is 12.1 Å². The Bertz CT molecular complexity index is 524. The molecule has 24 heavy (non-hydrogen) atoms. The highest BCUT2D eigenvalue weighted by Gasteiger charge is 2.38. The monoisotopic (exact) mass is 373 g/mol. The minimum atomic E-state index is -0.973. The number of amides is 1. The molecule has 2 aliphatic rings. The normalized spacial score (nSPS) is 28.7. The Kier molecular flexibility index (Phi) is 7.54. The Hall–Kier alpha value is -0.810. The van der Waals surface area contributed by atoms with Crippen LogP contribution in [0.15, 0.2) is 30.3 Å². The molecule has 4 nitrogen and oxygen atoms in total. The largest absolute Gasteiger partial charge is 0.351 e. The lowest BCUT2D eigenvalue weighted by Gasteiger charge is -2.47. The first-order valence-corrected chi connectivity index (χ1v) is 8.36. The van der Waals surface area contributed by atoms with Gasteiger partial charge in [0.05, 0.1) is 0 Å². The van der Waals surface area contributed by atoms with Gasteiger partial charge in [-0.2, -0.15) is 0 Å². The summed E-state index contributed by atoms with van der Waals surface area (Å²) in [4.78, 5) is 15.2. The van der Waals surface area contributed by atoms with Gasteiger partial charge in [-0.1, -0.05) is 36.8 Å². The number of carbonyl (C=O) groups is 1. The average Bonchev–Trinajstić information content (AvgIpc) is 2.49. The molecule has 3 unspecified atom stereocenters. The second-order valence-corrected chi connectivity index (χ2v) is 7.11. The maximum atomic E-state index is 12.7. The van der Waals surface area contributed by atoms with Crippen molar-refractivity contribution in [3.8, 4) is 0 Å². The highest BCUT2D eigenvalue weighted by Crippen LogP contribution is 2.33. The van der Waals surface area contributed by atoms with Crippen molar-refractivity contribution in [3.63, 3.8) is 0 Å². The molecule has 1 aromatic carbocycles. The molecule has 0 radical (unpaired) electrons. The van der Waals surface area contributed by atoms with E-state index in [1.165, 1.54) is 19.3 Å². The molecular formula is C18H29Cl2N3O. The van der Waals surface area contributed by atoms with Gasteiger partial charge in [-0.25, -0.2) is 0 Å². The van der Waals surface area contributed by atoms with E-state index in [1.807, 2.05) is 30.3 Å². The smallest absolute Gasteiger partial charge is 0.244 e. The maximum absolute atomic E-state index is 12.7. The van der Waals surface area contributed by atoms with Crippen LogP contribution in [0, 0.1) is 0 Å². The zero-order valence-corrected chi connectivity index (χ0v) is 16.0. The van der Waals surface area contributed by atoms with Gasteiger partial charge in [0.1, 0.15) is 5.54 Å². The summed E-state index contributed by atoms with van der Waals surface area (Å²) in [5, 5.41) is 3.22. The molecule has 0 spiro atoms. The van der Waals surface area contributed by atoms with Crippen molar-refractivity contribution in [2.45, 2.75) is 62.7 Å². The van der Waals surface area contributed by atoms with Crippen LogP contribution in [0.4, 0.5) is 0 Å². The molecule has 6 heteroatoms. The van der Waals surface area contributed by atoms with Crippen LogP contribution in [0.2, 0.25) is 0 Å². The van der Waals surface area contributed by atoms with Crippen molar-refractivity contribution < 1.29 is 4.79 Å². The van der Waals surface area contributed by atoms with Gasteiger partial charge in [0.15, 0.2) is 0 Å². The van der Waals surface area contributed by atoms with E-state index in [2.05, 4.69) is 17.3 Å². The van der Waals surface area contributed by atoms with Crippen LogP contribution in [0.1, 0.15) is 44.6 Å². The van der Waals surface area contributed by atoms with Gasteiger partial charge >= 0.3 is 0 Å². The van der Waals surface area contributed by atoms with Gasteiger partial charge in [0.25, 0.3) is 0 Å². The number of halogens is 2. The van der Waals surface area contributed by atoms with Crippen LogP contribution in [-0.2, 0) is 10.3 Å². The minimum Gasteiger partial charge on any atom is -0.351 e. The van der Waals surface area contributed by atoms with E-state index in [4.69, 9.17) is 5.73 Å². The topological polar surface area (TPSA) is 58.4 Å². The van der Waals surface area contributed by atoms with Crippen molar-refractivity contribution in [2.24, 2.45) is 5.73 Å². The predicted molar refractivity (Wildman–Crippen MR) is 103 cm³/mol. The number of fused-ring (bicyclic) bond motifs is 2. The first-order valence-electron chi connectivity index (χ1n) is 8.36. The van der Waals surface area contributed by atoms with Gasteiger partial charge < -0.3 is 16.0 Å². The van der Waals surface area contributed by atoms with Crippen LogP contribution in [-0.4, -0.2) is 36.0 Å². The Morgan fingerprint density at radius 1 is 1.17 bits per heavy atom. The minimum absolute atomic E-state index is 0. The fraction of sp³-hybridized carbons (Fsp3) is 0.611. The molecule has 0 aromatic heterocycles. The lowest BCUT2D eigenvalue weighted by Crippen LogP contribution is -2.58. The zero-order valence-electron chi connectivity index (χ0n) is 14.4. The summed E-state index contributed by atoms with van der Waals surface area (Å²) in [5.74, 6) is -0.0636. The Balaban J connectivity index is 0.00000144. The molecule has 1 aromatic rings. The SMILES string of the molecule is CN1C2CCCC1CC(NC(=O)C(C)(N)c1ccccc1)C2.Cl.Cl. The third-order valence-corrected chi connectivity index (χ3v) is 5.52. The summed E-state index contributed by atoms with van der Waals surface area (Å²) < 4.78 is 0. The number of nitrogens with zero attached hydrogens (tertiary/aromatic N) is 1. The summed E-state index contributed by atoms with van der Waals surface area (Å²) in [5.41, 5.74) is 6.21. The van der Waals surface area contributed by atoms with Crippen LogP contribution in [0.3, 0.4) is 0 Å². The van der Waals surface area contributed by atoms with Gasteiger partial charge in [0.2, 0.25) is 5.91 Å². The van der Waals surface area contributed by atoms with E-state index in [0.717, 1.165) is 18.4 Å². The molecule has 0 aliphatic carbocycles. The quantitative estimate of drug-likeness (QED) is 0.856. The van der Waals surface area contributed by atoms with Crippen molar-refractivity contribution in [1.29, 1.82) is 0 Å². The van der Waals surface area contributed by atoms with E-state index in [-0.39, 0.29) is 36.8 Å². The molecule has 2 heterocycles. The molecule has 2 aliphatic heterocycles. The molecule has 2 fully saturated rings. The summed E-state index contributed by atoms with van der Waals surface area (Å²) in [7, 11) is 2.23. The molecule has 0 saturated carbocycles. The molecule has 3 rings (SSSR count). The predicted octanol–water partition coefficient (Wildman–Crippen LogP) is 2.84. The Labute approximate surface area is 157 Å². The number of nitrogens with two attached hydrogens (primary N) is 1. The zero-order chi connectivity index (χ0) is 15.7. The highest BCUT2D eigenvalue weighted by molar-refractivity contribution is 5.87. The summed E-state index contributed by atoms with van der Waals surface area (Å²) in [6.45, 7) is 1.80. The Morgan fingerprint density at radius 2 is 1.71 bits per heavy atom. The standard InChI is InChI=1S/C18H27N3O.2ClH/c1-18(19,13-7-4-3-5-8-13)17(22)20-14-11-15-9-6-10-16(12-14)21(15)2;;/h3-5,7-8,14-16H,6,9-12,19H2,1-2H3,(H,20,22);2*1H. The van der Waals surface area contributed by atoms with Crippen LogP contribution < -0.4 is 11.1 Å². The lowest BCUT2D eigenvalue weighted by molar-refractivity contribution is -0.127. The summed E-state index contributed by atoms with van der Waals surface area (Å²) in [6, 6.07) is 11.1. The fourth-order valence-electron chi connectivity index (χ4n) is 3.98. The van der Waals surface area contributed by atoms with Crippen molar-refractivity contribution in [2.75, 3.05) is 7.05 Å². The van der Waals surface area contributed by atoms with Gasteiger partial charge in [-0.15, -0.1) is 24.8 Å². The number of rotatable bonds is 3. The number of benzene rings is 1. The van der Waals surface area contributed by atoms with Gasteiger partial charge in [-0.05, 0) is 45.2 Å². The Morgan fingerprint density at radius 3 is 2.25 bits per heavy atom. The van der Waals surface area contributed by atoms with Crippen LogP contribution in [0.25, 0.3) is 0 Å². The second-order valence-electron chi connectivity index (χ2n) is 7.11. The molecular weight excluding hydrogens is 345 g/mol. The second kappa shape index (κ2) is 8.52. The number of nitrogens with one attached hydrogen (secondary N) is 1. The molecule has 3 N–H and O–H groups in total. The highest BCUT2D eigenvalue weighted by atomic mass is 35.5. The first kappa shape index (κ1) is 21.2. The van der Waals surface area contributed by atoms with Crippen LogP contribution in [0.5, 0.6) is 0 Å². The number of carbonyl (C=O) groups excluding carboxylic acids is 1. The van der Waals surface area contributed by atoms with E-state index >= 15 is 0 Å². The molecule has 2 bridgehead atoms. The van der Waals surface area contributed by atoms with E-state index in [1.54, 1.807) is 6.92 Å². The first-order chi connectivity index (χ1) is 10.5. The molecule has 1 amide bonds. The molecule has 3 atom stereocenters. The lowest BCUT2D eigenvalue weighted by atomic mass is 9.81. The number of hydrogen-bond acceptors (Lipinski definition) is 3. The third-order valence-electron chi connectivity index (χ3n) is 5.52. The van der Waals surface area contributed by atoms with Crippen molar-refractivity contribution in [1.82, 2.24) is 10.2 Å². The van der Waals surface area contributed by atoms with Crippen molar-refractivity contribution in [3.05, 3.63) is 35.9 Å². The molecule has 2 saturated heterocycles. The number of piperidine rings is 2. The number of hydrogen-bond donors (Lipinski definition) is 2. The van der Waals surface area contributed by atoms with Gasteiger partial charge in [0, 0.05) is 18.1 Å². The fourth-order valence-corrected chi connectivity index (χ4v) is 3.98. The summed E-state index contributed by atoms with van der Waals surface area (Å²) >= 11 is 0. The average molecular weight is 374 g/mol. The maximum Gasteiger partial charge on any atom is 0.244 e. The van der Waals surface area contributed by atoms with Gasteiger partial charge in [-0.3, -0.25) is 4.79 Å². The van der Waals surface area contributed by atoms with E-state index < -0.39 is 5.54 Å². The van der Waals surface area contributed by atoms with E-state index in [9.17, 15) is 4.79 Å². The van der Waals surface area contributed by atoms with Crippen molar-refractivity contribution >= 4 is 30.7 Å². The summed E-state index contributed by atoms with van der Waals surface area (Å²) in [6.07, 6.45) is 5.90.